The topological polar surface area (TPSA) is 144 Å². The van der Waals surface area contributed by atoms with Gasteiger partial charge in [0, 0.05) is 19.1 Å². The molecule has 12 heteroatoms. The van der Waals surface area contributed by atoms with Crippen LogP contribution in [-0.2, 0) is 36.9 Å². The van der Waals surface area contributed by atoms with Crippen molar-refractivity contribution in [2.24, 2.45) is 0 Å². The monoisotopic (exact) mass is 582 g/mol. The van der Waals surface area contributed by atoms with Gasteiger partial charge in [-0.15, -0.1) is 0 Å². The van der Waals surface area contributed by atoms with Crippen LogP contribution in [0.5, 0.6) is 0 Å². The van der Waals surface area contributed by atoms with E-state index >= 15 is 0 Å². The third-order valence-electron chi connectivity index (χ3n) is 5.83. The molecule has 41 heavy (non-hydrogen) atoms. The molecular formula is C29H31FN4O6S. The van der Waals surface area contributed by atoms with Gasteiger partial charge in [-0.3, -0.25) is 19.2 Å². The van der Waals surface area contributed by atoms with E-state index in [-0.39, 0.29) is 35.9 Å². The Bertz CT molecular complexity index is 1350. The summed E-state index contributed by atoms with van der Waals surface area (Å²) in [5.74, 6) is -3.45. The second kappa shape index (κ2) is 15.5. The van der Waals surface area contributed by atoms with Crippen LogP contribution in [0.25, 0.3) is 0 Å². The van der Waals surface area contributed by atoms with Crippen LogP contribution in [0.1, 0.15) is 48.4 Å². The Kier molecular flexibility index (Phi) is 11.8. The Morgan fingerprint density at radius 1 is 1.12 bits per heavy atom. The second-order valence-corrected chi connectivity index (χ2v) is 10.3. The summed E-state index contributed by atoms with van der Waals surface area (Å²) in [5, 5.41) is 7.54. The Balaban J connectivity index is 1.94. The van der Waals surface area contributed by atoms with Gasteiger partial charge in [-0.1, -0.05) is 54.2 Å². The number of carbonyl (C=O) groups excluding carboxylic acids is 5. The Morgan fingerprint density at radius 2 is 1.88 bits per heavy atom. The van der Waals surface area contributed by atoms with Crippen LogP contribution < -0.4 is 16.0 Å². The summed E-state index contributed by atoms with van der Waals surface area (Å²) < 4.78 is 20.1. The molecule has 0 aliphatic carbocycles. The van der Waals surface area contributed by atoms with E-state index in [0.717, 1.165) is 23.4 Å². The highest BCUT2D eigenvalue weighted by molar-refractivity contribution is 8.13. The van der Waals surface area contributed by atoms with E-state index in [9.17, 15) is 28.4 Å². The number of fused-ring (bicyclic) bond motifs is 2. The molecule has 1 aliphatic rings. The maximum Gasteiger partial charge on any atom is 0.329 e. The van der Waals surface area contributed by atoms with E-state index in [0.29, 0.717) is 12.2 Å². The lowest BCUT2D eigenvalue weighted by Crippen LogP contribution is -2.47. The average Bonchev–Trinajstić information content (AvgIpc) is 2.94. The first-order chi connectivity index (χ1) is 19.7. The number of halogens is 1. The van der Waals surface area contributed by atoms with E-state index < -0.39 is 47.3 Å². The lowest BCUT2D eigenvalue weighted by Gasteiger charge is -2.22. The molecule has 0 radical (unpaired) electrons. The quantitative estimate of drug-likeness (QED) is 0.204. The minimum absolute atomic E-state index is 0.0253. The molecule has 216 valence electrons. The van der Waals surface area contributed by atoms with Gasteiger partial charge in [0.05, 0.1) is 18.7 Å². The van der Waals surface area contributed by atoms with Gasteiger partial charge in [0.15, 0.2) is 16.6 Å². The molecule has 2 heterocycles. The van der Waals surface area contributed by atoms with Crippen LogP contribution >= 0.6 is 11.8 Å². The summed E-state index contributed by atoms with van der Waals surface area (Å²) in [5.41, 5.74) is 0.161. The molecule has 1 aliphatic heterocycles. The lowest BCUT2D eigenvalue weighted by atomic mass is 10.1. The number of hydrogen-bond acceptors (Lipinski definition) is 8. The molecule has 2 atom stereocenters. The summed E-state index contributed by atoms with van der Waals surface area (Å²) in [4.78, 5) is 67.3. The lowest BCUT2D eigenvalue weighted by molar-refractivity contribution is -0.151. The minimum Gasteiger partial charge on any atom is -0.456 e. The molecule has 0 spiro atoms. The predicted octanol–water partition coefficient (Wildman–Crippen LogP) is 2.74. The highest BCUT2D eigenvalue weighted by atomic mass is 32.2. The molecule has 1 aromatic heterocycles. The molecule has 2 aromatic rings. The van der Waals surface area contributed by atoms with Gasteiger partial charge in [-0.2, -0.15) is 0 Å². The average molecular weight is 583 g/mol. The largest absolute Gasteiger partial charge is 0.456 e. The number of cyclic esters (lactones) is 1. The highest BCUT2D eigenvalue weighted by Gasteiger charge is 2.28. The van der Waals surface area contributed by atoms with Gasteiger partial charge < -0.3 is 20.7 Å². The Hall–Kier alpha value is -4.32. The van der Waals surface area contributed by atoms with E-state index in [1.807, 2.05) is 0 Å². The Morgan fingerprint density at radius 3 is 2.59 bits per heavy atom. The molecule has 0 saturated heterocycles. The molecule has 2 bridgehead atoms. The number of pyridine rings is 1. The van der Waals surface area contributed by atoms with Crippen molar-refractivity contribution in [1.82, 2.24) is 20.9 Å². The smallest absolute Gasteiger partial charge is 0.329 e. The van der Waals surface area contributed by atoms with E-state index in [2.05, 4.69) is 20.9 Å². The maximum absolute atomic E-state index is 14.5. The number of rotatable bonds is 6. The van der Waals surface area contributed by atoms with Gasteiger partial charge in [-0.25, -0.2) is 14.2 Å². The standard InChI is InChI=1S/C29H31FN4O6S/c1-3-23-27(37)34-24(15-19-9-5-4-6-10-19)29(39)40-21(11-7-8-14-41-18(2)35)16-25(36)31-17-20-12-13-22(30)26(32-20)28(38)33-23/h3-7,9-13,21,24H,8,14-17H2,1-2H3,(H,31,36)(H,33,38)(H,34,37)/b11-7+,23-3-/t21-,24+/m1/s1. The number of allylic oxidation sites excluding steroid dienone is 2. The normalized spacial score (nSPS) is 19.8. The SMILES string of the molecule is C/C=C1\NC(=O)c2nc(ccc2F)CNC(=O)C[C@@H](/C=C/CCSC(C)=O)OC(=O)[C@H](Cc2ccccc2)NC1=O. The number of aromatic nitrogens is 1. The number of nitrogens with one attached hydrogen (secondary N) is 3. The van der Waals surface area contributed by atoms with Gasteiger partial charge in [0.2, 0.25) is 5.91 Å². The van der Waals surface area contributed by atoms with Gasteiger partial charge in [0.25, 0.3) is 11.8 Å². The van der Waals surface area contributed by atoms with Crippen LogP contribution in [0, 0.1) is 5.82 Å². The molecule has 0 unspecified atom stereocenters. The van der Waals surface area contributed by atoms with Crippen molar-refractivity contribution in [3.8, 4) is 0 Å². The zero-order valence-corrected chi connectivity index (χ0v) is 23.5. The van der Waals surface area contributed by atoms with Crippen molar-refractivity contribution in [1.29, 1.82) is 0 Å². The molecule has 3 rings (SSSR count). The summed E-state index contributed by atoms with van der Waals surface area (Å²) in [6.07, 6.45) is 3.92. The number of benzene rings is 1. The Labute approximate surface area is 241 Å². The number of ether oxygens (including phenoxy) is 1. The van der Waals surface area contributed by atoms with E-state index in [1.54, 1.807) is 42.5 Å². The van der Waals surface area contributed by atoms with E-state index in [1.165, 1.54) is 26.0 Å². The van der Waals surface area contributed by atoms with Crippen molar-refractivity contribution in [3.63, 3.8) is 0 Å². The van der Waals surface area contributed by atoms with Crippen LogP contribution in [0.15, 0.2) is 66.4 Å². The van der Waals surface area contributed by atoms with Crippen LogP contribution in [0.2, 0.25) is 0 Å². The zero-order chi connectivity index (χ0) is 29.8. The fraction of sp³-hybridized carbons (Fsp3) is 0.310. The van der Waals surface area contributed by atoms with Crippen molar-refractivity contribution in [2.75, 3.05) is 5.75 Å². The highest BCUT2D eigenvalue weighted by Crippen LogP contribution is 2.13. The van der Waals surface area contributed by atoms with Gasteiger partial charge >= 0.3 is 5.97 Å². The number of hydrogen-bond donors (Lipinski definition) is 3. The number of nitrogens with zero attached hydrogens (tertiary/aromatic N) is 1. The van der Waals surface area contributed by atoms with Crippen molar-refractivity contribution in [2.45, 2.75) is 51.8 Å². The van der Waals surface area contributed by atoms with Crippen LogP contribution in [-0.4, -0.2) is 51.7 Å². The molecule has 10 nitrogen and oxygen atoms in total. The fourth-order valence-corrected chi connectivity index (χ4v) is 4.35. The summed E-state index contributed by atoms with van der Waals surface area (Å²) >= 11 is 1.15. The number of carbonyl (C=O) groups is 5. The summed E-state index contributed by atoms with van der Waals surface area (Å²) in [6, 6.07) is 10.1. The van der Waals surface area contributed by atoms with Gasteiger partial charge in [0.1, 0.15) is 17.8 Å². The third-order valence-corrected chi connectivity index (χ3v) is 6.68. The first-order valence-corrected chi connectivity index (χ1v) is 13.9. The van der Waals surface area contributed by atoms with Crippen molar-refractivity contribution >= 4 is 40.6 Å². The van der Waals surface area contributed by atoms with Gasteiger partial charge in [-0.05, 0) is 37.1 Å². The number of thioether (sulfide) groups is 1. The molecule has 0 fully saturated rings. The molecule has 1 aromatic carbocycles. The van der Waals surface area contributed by atoms with Crippen molar-refractivity contribution < 1.29 is 33.1 Å². The minimum atomic E-state index is -1.19. The summed E-state index contributed by atoms with van der Waals surface area (Å²) in [6.45, 7) is 2.85. The van der Waals surface area contributed by atoms with Crippen LogP contribution in [0.4, 0.5) is 4.39 Å². The van der Waals surface area contributed by atoms with Crippen molar-refractivity contribution in [3.05, 3.63) is 89.2 Å². The number of amides is 3. The maximum atomic E-state index is 14.5. The van der Waals surface area contributed by atoms with Crippen LogP contribution in [0.3, 0.4) is 0 Å². The first-order valence-electron chi connectivity index (χ1n) is 12.9. The molecule has 3 N–H and O–H groups in total. The number of esters is 1. The fourth-order valence-electron chi connectivity index (χ4n) is 3.80. The molecule has 3 amide bonds. The summed E-state index contributed by atoms with van der Waals surface area (Å²) in [7, 11) is 0. The first kappa shape index (κ1) is 31.2. The molecule has 0 saturated carbocycles. The van der Waals surface area contributed by atoms with E-state index in [4.69, 9.17) is 4.74 Å². The zero-order valence-electron chi connectivity index (χ0n) is 22.6. The second-order valence-electron chi connectivity index (χ2n) is 9.02. The predicted molar refractivity (Wildman–Crippen MR) is 151 cm³/mol. The molecular weight excluding hydrogens is 551 g/mol. The third kappa shape index (κ3) is 9.98.